The van der Waals surface area contributed by atoms with Crippen molar-refractivity contribution < 1.29 is 8.42 Å². The highest BCUT2D eigenvalue weighted by Gasteiger charge is 2.09. The van der Waals surface area contributed by atoms with Crippen LogP contribution in [0.25, 0.3) is 0 Å². The molecule has 0 aliphatic heterocycles. The molecule has 0 atom stereocenters. The van der Waals surface area contributed by atoms with Crippen molar-refractivity contribution in [3.63, 3.8) is 0 Å². The van der Waals surface area contributed by atoms with Crippen LogP contribution in [-0.2, 0) is 16.3 Å². The van der Waals surface area contributed by atoms with Crippen LogP contribution in [0.3, 0.4) is 0 Å². The molecule has 0 aliphatic carbocycles. The molecule has 0 saturated heterocycles. The van der Waals surface area contributed by atoms with E-state index in [-0.39, 0.29) is 0 Å². The third-order valence-corrected chi connectivity index (χ3v) is 3.70. The Balaban J connectivity index is 2.91. The van der Waals surface area contributed by atoms with Crippen LogP contribution in [0.2, 0.25) is 0 Å². The molecular formula is C12H19NO2S. The lowest BCUT2D eigenvalue weighted by Gasteiger charge is -2.07. The van der Waals surface area contributed by atoms with Crippen LogP contribution in [0.15, 0.2) is 23.1 Å². The molecule has 0 spiro atoms. The van der Waals surface area contributed by atoms with E-state index in [2.05, 4.69) is 6.92 Å². The lowest BCUT2D eigenvalue weighted by Crippen LogP contribution is -2.01. The summed E-state index contributed by atoms with van der Waals surface area (Å²) in [6, 6.07) is 4.94. The van der Waals surface area contributed by atoms with E-state index in [4.69, 9.17) is 5.73 Å². The largest absolute Gasteiger partial charge is 0.399 e. The second kappa shape index (κ2) is 5.34. The van der Waals surface area contributed by atoms with Gasteiger partial charge in [0.2, 0.25) is 0 Å². The molecule has 16 heavy (non-hydrogen) atoms. The summed E-state index contributed by atoms with van der Waals surface area (Å²) >= 11 is 0. The Hall–Kier alpha value is -1.03. The Kier molecular flexibility index (Phi) is 4.35. The van der Waals surface area contributed by atoms with Crippen LogP contribution < -0.4 is 5.73 Å². The number of nitrogens with two attached hydrogens (primary N) is 1. The fourth-order valence-electron chi connectivity index (χ4n) is 1.59. The van der Waals surface area contributed by atoms with Gasteiger partial charge in [-0.05, 0) is 36.6 Å². The van der Waals surface area contributed by atoms with Gasteiger partial charge in [-0.1, -0.05) is 19.8 Å². The Morgan fingerprint density at radius 3 is 2.50 bits per heavy atom. The third-order valence-electron chi connectivity index (χ3n) is 2.59. The summed E-state index contributed by atoms with van der Waals surface area (Å²) < 4.78 is 22.8. The molecule has 2 N–H and O–H groups in total. The highest BCUT2D eigenvalue weighted by Crippen LogP contribution is 2.20. The maximum atomic E-state index is 11.4. The quantitative estimate of drug-likeness (QED) is 0.636. The number of hydrogen-bond acceptors (Lipinski definition) is 3. The molecule has 0 fully saturated rings. The SMILES string of the molecule is CCCCCc1cc(S(C)(=O)=O)ccc1N. The molecular weight excluding hydrogens is 222 g/mol. The molecule has 90 valence electrons. The van der Waals surface area contributed by atoms with Crippen LogP contribution in [0.5, 0.6) is 0 Å². The fourth-order valence-corrected chi connectivity index (χ4v) is 2.27. The second-order valence-corrected chi connectivity index (χ2v) is 6.11. The number of anilines is 1. The van der Waals surface area contributed by atoms with Crippen LogP contribution in [0.1, 0.15) is 31.7 Å². The maximum absolute atomic E-state index is 11.4. The van der Waals surface area contributed by atoms with E-state index in [1.807, 2.05) is 0 Å². The maximum Gasteiger partial charge on any atom is 0.175 e. The van der Waals surface area contributed by atoms with Crippen molar-refractivity contribution in [1.82, 2.24) is 0 Å². The van der Waals surface area contributed by atoms with Crippen molar-refractivity contribution >= 4 is 15.5 Å². The van der Waals surface area contributed by atoms with Gasteiger partial charge in [0.15, 0.2) is 9.84 Å². The standard InChI is InChI=1S/C12H19NO2S/c1-3-4-5-6-10-9-11(16(2,14)15)7-8-12(10)13/h7-9H,3-6,13H2,1-2H3. The summed E-state index contributed by atoms with van der Waals surface area (Å²) in [6.07, 6.45) is 5.40. The first-order valence-corrected chi connectivity index (χ1v) is 7.42. The first-order chi connectivity index (χ1) is 7.45. The zero-order chi connectivity index (χ0) is 12.2. The average molecular weight is 241 g/mol. The molecule has 3 nitrogen and oxygen atoms in total. The normalized spacial score (nSPS) is 11.6. The van der Waals surface area contributed by atoms with Crippen LogP contribution in [-0.4, -0.2) is 14.7 Å². The van der Waals surface area contributed by atoms with E-state index in [1.165, 1.54) is 6.26 Å². The number of rotatable bonds is 5. The molecule has 0 saturated carbocycles. The van der Waals surface area contributed by atoms with Crippen molar-refractivity contribution in [1.29, 1.82) is 0 Å². The molecule has 1 rings (SSSR count). The number of sulfone groups is 1. The zero-order valence-corrected chi connectivity index (χ0v) is 10.7. The number of unbranched alkanes of at least 4 members (excludes halogenated alkanes) is 2. The summed E-state index contributed by atoms with van der Waals surface area (Å²) in [5.41, 5.74) is 7.45. The third kappa shape index (κ3) is 3.52. The van der Waals surface area contributed by atoms with Gasteiger partial charge >= 0.3 is 0 Å². The molecule has 0 aliphatic rings. The van der Waals surface area contributed by atoms with E-state index in [0.29, 0.717) is 10.6 Å². The number of nitrogen functional groups attached to an aromatic ring is 1. The van der Waals surface area contributed by atoms with E-state index in [1.54, 1.807) is 18.2 Å². The van der Waals surface area contributed by atoms with Crippen molar-refractivity contribution in [2.75, 3.05) is 12.0 Å². The van der Waals surface area contributed by atoms with E-state index < -0.39 is 9.84 Å². The van der Waals surface area contributed by atoms with Gasteiger partial charge < -0.3 is 5.73 Å². The molecule has 0 amide bonds. The minimum Gasteiger partial charge on any atom is -0.399 e. The Bertz CT molecular complexity index is 452. The molecule has 0 radical (unpaired) electrons. The van der Waals surface area contributed by atoms with Gasteiger partial charge in [-0.2, -0.15) is 0 Å². The van der Waals surface area contributed by atoms with E-state index in [0.717, 1.165) is 31.2 Å². The first-order valence-electron chi connectivity index (χ1n) is 5.53. The lowest BCUT2D eigenvalue weighted by atomic mass is 10.1. The smallest absolute Gasteiger partial charge is 0.175 e. The topological polar surface area (TPSA) is 60.2 Å². The lowest BCUT2D eigenvalue weighted by molar-refractivity contribution is 0.601. The summed E-state index contributed by atoms with van der Waals surface area (Å²) in [6.45, 7) is 2.14. The Morgan fingerprint density at radius 2 is 1.94 bits per heavy atom. The number of benzene rings is 1. The van der Waals surface area contributed by atoms with Crippen molar-refractivity contribution in [3.05, 3.63) is 23.8 Å². The van der Waals surface area contributed by atoms with Crippen LogP contribution in [0.4, 0.5) is 5.69 Å². The molecule has 0 heterocycles. The van der Waals surface area contributed by atoms with Gasteiger partial charge in [-0.3, -0.25) is 0 Å². The van der Waals surface area contributed by atoms with Gasteiger partial charge in [-0.15, -0.1) is 0 Å². The van der Waals surface area contributed by atoms with Gasteiger partial charge in [0.05, 0.1) is 4.90 Å². The fraction of sp³-hybridized carbons (Fsp3) is 0.500. The van der Waals surface area contributed by atoms with Crippen molar-refractivity contribution in [2.24, 2.45) is 0 Å². The minimum absolute atomic E-state index is 0.355. The van der Waals surface area contributed by atoms with Crippen molar-refractivity contribution in [2.45, 2.75) is 37.5 Å². The Labute approximate surface area is 97.6 Å². The molecule has 1 aromatic rings. The van der Waals surface area contributed by atoms with Gasteiger partial charge in [-0.25, -0.2) is 8.42 Å². The molecule has 0 aromatic heterocycles. The van der Waals surface area contributed by atoms with Crippen molar-refractivity contribution in [3.8, 4) is 0 Å². The number of hydrogen-bond donors (Lipinski definition) is 1. The molecule has 0 bridgehead atoms. The van der Waals surface area contributed by atoms with Crippen LogP contribution >= 0.6 is 0 Å². The molecule has 1 aromatic carbocycles. The summed E-state index contributed by atoms with van der Waals surface area (Å²) in [5.74, 6) is 0. The van der Waals surface area contributed by atoms with Gasteiger partial charge in [0, 0.05) is 11.9 Å². The monoisotopic (exact) mass is 241 g/mol. The highest BCUT2D eigenvalue weighted by molar-refractivity contribution is 7.90. The molecule has 4 heteroatoms. The van der Waals surface area contributed by atoms with E-state index >= 15 is 0 Å². The minimum atomic E-state index is -3.13. The number of aryl methyl sites for hydroxylation is 1. The molecule has 0 unspecified atom stereocenters. The summed E-state index contributed by atoms with van der Waals surface area (Å²) in [7, 11) is -3.13. The predicted molar refractivity (Wildman–Crippen MR) is 67.2 cm³/mol. The Morgan fingerprint density at radius 1 is 1.25 bits per heavy atom. The zero-order valence-electron chi connectivity index (χ0n) is 9.86. The van der Waals surface area contributed by atoms with Gasteiger partial charge in [0.1, 0.15) is 0 Å². The second-order valence-electron chi connectivity index (χ2n) is 4.09. The highest BCUT2D eigenvalue weighted by atomic mass is 32.2. The summed E-state index contributed by atoms with van der Waals surface area (Å²) in [5, 5.41) is 0. The van der Waals surface area contributed by atoms with E-state index in [9.17, 15) is 8.42 Å². The van der Waals surface area contributed by atoms with Crippen LogP contribution in [0, 0.1) is 0 Å². The van der Waals surface area contributed by atoms with Gasteiger partial charge in [0.25, 0.3) is 0 Å². The first kappa shape index (κ1) is 13.0. The average Bonchev–Trinajstić information content (AvgIpc) is 2.19. The predicted octanol–water partition coefficient (Wildman–Crippen LogP) is 2.41. The summed E-state index contributed by atoms with van der Waals surface area (Å²) in [4.78, 5) is 0.355.